The SMILES string of the molecule is N#Cc1ccc(CC(=O)N2CCCCC2C2CCOCC2)cc1. The lowest BCUT2D eigenvalue weighted by Gasteiger charge is -2.42. The number of amides is 1. The normalized spacial score (nSPS) is 22.6. The van der Waals surface area contributed by atoms with Gasteiger partial charge in [-0.15, -0.1) is 0 Å². The van der Waals surface area contributed by atoms with Gasteiger partial charge in [-0.05, 0) is 55.7 Å². The summed E-state index contributed by atoms with van der Waals surface area (Å²) in [6.45, 7) is 2.55. The van der Waals surface area contributed by atoms with E-state index in [1.165, 1.54) is 6.42 Å². The Morgan fingerprint density at radius 3 is 2.61 bits per heavy atom. The number of benzene rings is 1. The van der Waals surface area contributed by atoms with Crippen LogP contribution in [0.5, 0.6) is 0 Å². The van der Waals surface area contributed by atoms with Crippen molar-refractivity contribution in [3.8, 4) is 6.07 Å². The van der Waals surface area contributed by atoms with Crippen LogP contribution in [0, 0.1) is 17.2 Å². The van der Waals surface area contributed by atoms with Crippen molar-refractivity contribution in [2.24, 2.45) is 5.92 Å². The average molecular weight is 312 g/mol. The van der Waals surface area contributed by atoms with E-state index < -0.39 is 0 Å². The Morgan fingerprint density at radius 1 is 1.17 bits per heavy atom. The van der Waals surface area contributed by atoms with Gasteiger partial charge in [0.2, 0.25) is 5.91 Å². The van der Waals surface area contributed by atoms with Crippen LogP contribution in [0.4, 0.5) is 0 Å². The molecule has 0 saturated carbocycles. The van der Waals surface area contributed by atoms with Gasteiger partial charge in [0.05, 0.1) is 18.1 Å². The molecule has 1 aromatic rings. The summed E-state index contributed by atoms with van der Waals surface area (Å²) in [6.07, 6.45) is 6.05. The van der Waals surface area contributed by atoms with Gasteiger partial charge in [0.15, 0.2) is 0 Å². The molecule has 0 N–H and O–H groups in total. The molecule has 2 aliphatic rings. The Balaban J connectivity index is 1.66. The van der Waals surface area contributed by atoms with E-state index in [1.54, 1.807) is 12.1 Å². The zero-order chi connectivity index (χ0) is 16.1. The van der Waals surface area contributed by atoms with Crippen molar-refractivity contribution in [1.29, 1.82) is 5.26 Å². The van der Waals surface area contributed by atoms with Crippen molar-refractivity contribution in [1.82, 2.24) is 4.90 Å². The van der Waals surface area contributed by atoms with Crippen LogP contribution in [0.3, 0.4) is 0 Å². The Bertz CT molecular complexity index is 570. The van der Waals surface area contributed by atoms with Gasteiger partial charge in [-0.2, -0.15) is 5.26 Å². The topological polar surface area (TPSA) is 53.3 Å². The largest absolute Gasteiger partial charge is 0.381 e. The molecule has 0 aliphatic carbocycles. The molecule has 0 radical (unpaired) electrons. The first-order chi connectivity index (χ1) is 11.3. The van der Waals surface area contributed by atoms with Crippen molar-refractivity contribution in [2.45, 2.75) is 44.6 Å². The highest BCUT2D eigenvalue weighted by Gasteiger charge is 2.33. The van der Waals surface area contributed by atoms with E-state index in [2.05, 4.69) is 11.0 Å². The van der Waals surface area contributed by atoms with Gasteiger partial charge in [-0.3, -0.25) is 4.79 Å². The molecule has 2 fully saturated rings. The molecule has 23 heavy (non-hydrogen) atoms. The van der Waals surface area contributed by atoms with E-state index in [0.717, 1.165) is 51.0 Å². The van der Waals surface area contributed by atoms with Crippen LogP contribution in [0.1, 0.15) is 43.2 Å². The van der Waals surface area contributed by atoms with E-state index >= 15 is 0 Å². The predicted octanol–water partition coefficient (Wildman–Crippen LogP) is 2.91. The molecule has 1 unspecified atom stereocenters. The van der Waals surface area contributed by atoms with Crippen molar-refractivity contribution in [3.05, 3.63) is 35.4 Å². The number of likely N-dealkylation sites (tertiary alicyclic amines) is 1. The molecule has 1 amide bonds. The summed E-state index contributed by atoms with van der Waals surface area (Å²) in [4.78, 5) is 14.9. The summed E-state index contributed by atoms with van der Waals surface area (Å²) < 4.78 is 5.47. The molecule has 0 spiro atoms. The molecular formula is C19H24N2O2. The average Bonchev–Trinajstić information content (AvgIpc) is 2.63. The van der Waals surface area contributed by atoms with Crippen LogP contribution >= 0.6 is 0 Å². The molecule has 2 saturated heterocycles. The summed E-state index contributed by atoms with van der Waals surface area (Å²) in [5.41, 5.74) is 1.63. The zero-order valence-electron chi connectivity index (χ0n) is 13.5. The van der Waals surface area contributed by atoms with Gasteiger partial charge >= 0.3 is 0 Å². The number of rotatable bonds is 3. The van der Waals surface area contributed by atoms with Crippen LogP contribution in [-0.4, -0.2) is 36.6 Å². The van der Waals surface area contributed by atoms with Gasteiger partial charge in [0.25, 0.3) is 0 Å². The highest BCUT2D eigenvalue weighted by atomic mass is 16.5. The molecule has 4 heteroatoms. The molecule has 122 valence electrons. The maximum Gasteiger partial charge on any atom is 0.227 e. The van der Waals surface area contributed by atoms with Crippen molar-refractivity contribution < 1.29 is 9.53 Å². The molecule has 0 aromatic heterocycles. The Morgan fingerprint density at radius 2 is 1.91 bits per heavy atom. The van der Waals surface area contributed by atoms with Crippen LogP contribution < -0.4 is 0 Å². The standard InChI is InChI=1S/C19H24N2O2/c20-14-16-6-4-15(5-7-16)13-19(22)21-10-2-1-3-18(21)17-8-11-23-12-9-17/h4-7,17-18H,1-3,8-13H2. The third-order valence-electron chi connectivity index (χ3n) is 5.12. The van der Waals surface area contributed by atoms with Gasteiger partial charge in [-0.1, -0.05) is 12.1 Å². The Kier molecular flexibility index (Phi) is 5.30. The predicted molar refractivity (Wildman–Crippen MR) is 87.8 cm³/mol. The molecular weight excluding hydrogens is 288 g/mol. The van der Waals surface area contributed by atoms with E-state index in [9.17, 15) is 4.79 Å². The summed E-state index contributed by atoms with van der Waals surface area (Å²) in [5, 5.41) is 8.86. The number of piperidine rings is 1. The van der Waals surface area contributed by atoms with Crippen molar-refractivity contribution in [3.63, 3.8) is 0 Å². The monoisotopic (exact) mass is 312 g/mol. The first-order valence-corrected chi connectivity index (χ1v) is 8.64. The quantitative estimate of drug-likeness (QED) is 0.862. The van der Waals surface area contributed by atoms with Gasteiger partial charge in [-0.25, -0.2) is 0 Å². The molecule has 4 nitrogen and oxygen atoms in total. The first-order valence-electron chi connectivity index (χ1n) is 8.64. The number of hydrogen-bond acceptors (Lipinski definition) is 3. The number of nitriles is 1. The second-order valence-corrected chi connectivity index (χ2v) is 6.59. The number of nitrogens with zero attached hydrogens (tertiary/aromatic N) is 2. The minimum Gasteiger partial charge on any atom is -0.381 e. The maximum absolute atomic E-state index is 12.8. The van der Waals surface area contributed by atoms with E-state index in [4.69, 9.17) is 10.00 Å². The lowest BCUT2D eigenvalue weighted by atomic mass is 9.85. The van der Waals surface area contributed by atoms with Crippen LogP contribution in [0.2, 0.25) is 0 Å². The van der Waals surface area contributed by atoms with E-state index in [0.29, 0.717) is 23.9 Å². The molecule has 0 bridgehead atoms. The number of hydrogen-bond donors (Lipinski definition) is 0. The highest BCUT2D eigenvalue weighted by molar-refractivity contribution is 5.79. The molecule has 1 atom stereocenters. The Labute approximate surface area is 138 Å². The number of ether oxygens (including phenoxy) is 1. The van der Waals surface area contributed by atoms with Crippen LogP contribution in [0.25, 0.3) is 0 Å². The summed E-state index contributed by atoms with van der Waals surface area (Å²) >= 11 is 0. The smallest absolute Gasteiger partial charge is 0.227 e. The number of carbonyl (C=O) groups excluding carboxylic acids is 1. The van der Waals surface area contributed by atoms with Crippen LogP contribution in [0.15, 0.2) is 24.3 Å². The number of carbonyl (C=O) groups is 1. The zero-order valence-corrected chi connectivity index (χ0v) is 13.5. The van der Waals surface area contributed by atoms with Gasteiger partial charge in [0, 0.05) is 25.8 Å². The Hall–Kier alpha value is -1.86. The fraction of sp³-hybridized carbons (Fsp3) is 0.579. The second-order valence-electron chi connectivity index (χ2n) is 6.59. The minimum atomic E-state index is 0.228. The minimum absolute atomic E-state index is 0.228. The fourth-order valence-corrected chi connectivity index (χ4v) is 3.83. The maximum atomic E-state index is 12.8. The van der Waals surface area contributed by atoms with Crippen molar-refractivity contribution >= 4 is 5.91 Å². The molecule has 2 heterocycles. The molecule has 1 aromatic carbocycles. The lowest BCUT2D eigenvalue weighted by molar-refractivity contribution is -0.136. The second kappa shape index (κ2) is 7.61. The van der Waals surface area contributed by atoms with Crippen molar-refractivity contribution in [2.75, 3.05) is 19.8 Å². The van der Waals surface area contributed by atoms with Gasteiger partial charge < -0.3 is 9.64 Å². The first kappa shape index (κ1) is 16.0. The summed E-state index contributed by atoms with van der Waals surface area (Å²) in [6, 6.07) is 9.86. The van der Waals surface area contributed by atoms with E-state index in [1.807, 2.05) is 12.1 Å². The molecule has 3 rings (SSSR count). The van der Waals surface area contributed by atoms with Gasteiger partial charge in [0.1, 0.15) is 0 Å². The van der Waals surface area contributed by atoms with E-state index in [-0.39, 0.29) is 5.91 Å². The summed E-state index contributed by atoms with van der Waals surface area (Å²) in [5.74, 6) is 0.819. The highest BCUT2D eigenvalue weighted by Crippen LogP contribution is 2.30. The summed E-state index contributed by atoms with van der Waals surface area (Å²) in [7, 11) is 0. The molecule has 2 aliphatic heterocycles. The fourth-order valence-electron chi connectivity index (χ4n) is 3.83. The lowest BCUT2D eigenvalue weighted by Crippen LogP contribution is -2.49. The van der Waals surface area contributed by atoms with Crippen LogP contribution in [-0.2, 0) is 16.0 Å². The third kappa shape index (κ3) is 3.92. The third-order valence-corrected chi connectivity index (χ3v) is 5.12.